The summed E-state index contributed by atoms with van der Waals surface area (Å²) in [7, 11) is 0. The molecule has 1 radical (unpaired) electrons. The van der Waals surface area contributed by atoms with Crippen molar-refractivity contribution in [2.24, 2.45) is 0 Å². The van der Waals surface area contributed by atoms with Gasteiger partial charge in [-0.2, -0.15) is 0 Å². The second kappa shape index (κ2) is 14.1. The molecule has 5 nitrogen and oxygen atoms in total. The maximum Gasteiger partial charge on any atom is 0.155 e. The second-order valence-corrected chi connectivity index (χ2v) is 14.1. The minimum Gasteiger partial charge on any atom is -0.500 e. The van der Waals surface area contributed by atoms with E-state index in [4.69, 9.17) is 18.5 Å². The summed E-state index contributed by atoms with van der Waals surface area (Å²) < 4.78 is 30.7. The van der Waals surface area contributed by atoms with Crippen LogP contribution in [0.25, 0.3) is 83.0 Å². The Morgan fingerprint density at radius 1 is 0.667 bits per heavy atom. The molecule has 0 saturated heterocycles. The van der Waals surface area contributed by atoms with Crippen LogP contribution >= 0.6 is 0 Å². The Hall–Kier alpha value is -5.94. The van der Waals surface area contributed by atoms with E-state index in [0.29, 0.717) is 0 Å². The number of fused-ring (bicyclic) bond motifs is 8. The van der Waals surface area contributed by atoms with Gasteiger partial charge in [0.2, 0.25) is 0 Å². The topological polar surface area (TPSA) is 56.7 Å². The summed E-state index contributed by atoms with van der Waals surface area (Å²) in [5, 5.41) is 6.81. The standard InChI is InChI=1S/C36H26N3O.C12H10N.Ir/c1-36(2,3)30-21-20-29-35(38-30)39(24-11-5-4-6-12-24)34(37-29)28-15-9-14-26-27-19-18-23-17-16-22-10-7-8-13-25(22)31(23)33(27)40-32(26)28;1-10-7-8-12(13-9-10)11-5-3-2-4-6-11;/h4-14,16-21H,1-3H3;2-5,7-9H,1H3;/q2*-1;/i;1D3;. The summed E-state index contributed by atoms with van der Waals surface area (Å²) in [4.78, 5) is 14.4. The van der Waals surface area contributed by atoms with Crippen LogP contribution in [0.5, 0.6) is 0 Å². The Kier molecular flexibility index (Phi) is 8.26. The molecule has 0 atom stereocenters. The molecule has 54 heavy (non-hydrogen) atoms. The van der Waals surface area contributed by atoms with Crippen LogP contribution in [0, 0.1) is 19.0 Å². The molecule has 0 aliphatic carbocycles. The van der Waals surface area contributed by atoms with Crippen LogP contribution in [0.2, 0.25) is 0 Å². The van der Waals surface area contributed by atoms with Gasteiger partial charge in [0.05, 0.1) is 16.9 Å². The van der Waals surface area contributed by atoms with Crippen LogP contribution in [0.4, 0.5) is 0 Å². The largest absolute Gasteiger partial charge is 0.500 e. The fraction of sp³-hybridized carbons (Fsp3) is 0.104. The van der Waals surface area contributed by atoms with Crippen LogP contribution in [-0.4, -0.2) is 19.5 Å². The predicted molar refractivity (Wildman–Crippen MR) is 217 cm³/mol. The van der Waals surface area contributed by atoms with E-state index in [0.717, 1.165) is 77.9 Å². The summed E-state index contributed by atoms with van der Waals surface area (Å²) in [5.74, 6) is 0.763. The minimum absolute atomic E-state index is 0. The van der Waals surface area contributed by atoms with Crippen molar-refractivity contribution in [3.8, 4) is 28.3 Å². The van der Waals surface area contributed by atoms with Crippen molar-refractivity contribution in [3.63, 3.8) is 0 Å². The SMILES string of the molecule is CC(C)(C)c1ccc2nc(-c3[c-]ccc4c3oc3c4ccc4ccc5ccccc5c43)n(-c3ccccc3)c2n1.[2H]C([2H])([2H])c1ccc(-c2[c-]cccc2)nc1.[Ir]. The Morgan fingerprint density at radius 2 is 1.44 bits per heavy atom. The molecule has 10 aromatic rings. The zero-order valence-corrected chi connectivity index (χ0v) is 32.3. The van der Waals surface area contributed by atoms with E-state index in [1.165, 1.54) is 17.0 Å². The van der Waals surface area contributed by atoms with Gasteiger partial charge in [-0.25, -0.2) is 4.98 Å². The molecule has 265 valence electrons. The Morgan fingerprint density at radius 3 is 2.22 bits per heavy atom. The number of nitrogens with zero attached hydrogens (tertiary/aromatic N) is 4. The molecule has 0 amide bonds. The molecule has 0 aliphatic heterocycles. The average molecular weight is 880 g/mol. The van der Waals surface area contributed by atoms with Crippen molar-refractivity contribution >= 4 is 54.6 Å². The van der Waals surface area contributed by atoms with Crippen molar-refractivity contribution in [3.05, 3.63) is 169 Å². The molecule has 0 saturated carbocycles. The first-order valence-corrected chi connectivity index (χ1v) is 17.6. The van der Waals surface area contributed by atoms with Crippen LogP contribution in [0.15, 0.2) is 150 Å². The number of benzene rings is 6. The van der Waals surface area contributed by atoms with Crippen LogP contribution in [0.1, 0.15) is 36.1 Å². The third-order valence-corrected chi connectivity index (χ3v) is 9.57. The van der Waals surface area contributed by atoms with Gasteiger partial charge >= 0.3 is 0 Å². The molecule has 6 heteroatoms. The summed E-state index contributed by atoms with van der Waals surface area (Å²) in [6.07, 6.45) is 1.39. The van der Waals surface area contributed by atoms with Gasteiger partial charge in [0.25, 0.3) is 0 Å². The number of hydrogen-bond donors (Lipinski definition) is 0. The maximum absolute atomic E-state index is 7.23. The fourth-order valence-electron chi connectivity index (χ4n) is 6.92. The normalized spacial score (nSPS) is 12.6. The summed E-state index contributed by atoms with van der Waals surface area (Å²) in [5.41, 5.74) is 7.93. The van der Waals surface area contributed by atoms with Crippen molar-refractivity contribution in [1.82, 2.24) is 19.5 Å². The molecule has 0 unspecified atom stereocenters. The van der Waals surface area contributed by atoms with Gasteiger partial charge in [-0.15, -0.1) is 54.1 Å². The molecule has 0 fully saturated rings. The number of aryl methyl sites for hydroxylation is 1. The van der Waals surface area contributed by atoms with Crippen molar-refractivity contribution in [2.45, 2.75) is 33.0 Å². The van der Waals surface area contributed by atoms with Gasteiger partial charge in [-0.05, 0) is 58.5 Å². The molecule has 4 aromatic heterocycles. The molecular weight excluding hydrogens is 841 g/mol. The number of furan rings is 1. The Balaban J connectivity index is 0.000000226. The van der Waals surface area contributed by atoms with Gasteiger partial charge in [0, 0.05) is 58.0 Å². The van der Waals surface area contributed by atoms with E-state index in [9.17, 15) is 0 Å². The van der Waals surface area contributed by atoms with Crippen LogP contribution in [0.3, 0.4) is 0 Å². The molecule has 0 bridgehead atoms. The molecular formula is C48H36IrN4O-2. The first-order valence-electron chi connectivity index (χ1n) is 19.1. The quantitative estimate of drug-likeness (QED) is 0.131. The number of aromatic nitrogens is 4. The number of imidazole rings is 1. The third-order valence-electron chi connectivity index (χ3n) is 9.57. The van der Waals surface area contributed by atoms with E-state index >= 15 is 0 Å². The van der Waals surface area contributed by atoms with Gasteiger partial charge in [-0.1, -0.05) is 111 Å². The molecule has 10 rings (SSSR count). The third kappa shape index (κ3) is 6.28. The monoisotopic (exact) mass is 880 g/mol. The zero-order valence-electron chi connectivity index (χ0n) is 32.9. The van der Waals surface area contributed by atoms with Crippen LogP contribution < -0.4 is 0 Å². The molecule has 6 aromatic carbocycles. The summed E-state index contributed by atoms with van der Waals surface area (Å²) >= 11 is 0. The minimum atomic E-state index is -2.09. The van der Waals surface area contributed by atoms with E-state index < -0.39 is 6.85 Å². The van der Waals surface area contributed by atoms with E-state index in [1.54, 1.807) is 18.2 Å². The van der Waals surface area contributed by atoms with Crippen molar-refractivity contribution in [1.29, 1.82) is 0 Å². The fourth-order valence-corrected chi connectivity index (χ4v) is 6.92. The van der Waals surface area contributed by atoms with E-state index in [-0.39, 0.29) is 31.1 Å². The first kappa shape index (κ1) is 31.6. The van der Waals surface area contributed by atoms with Gasteiger partial charge in [0.1, 0.15) is 5.58 Å². The summed E-state index contributed by atoms with van der Waals surface area (Å²) in [6.45, 7) is 4.46. The Labute approximate surface area is 331 Å². The van der Waals surface area contributed by atoms with E-state index in [2.05, 4.69) is 121 Å². The summed E-state index contributed by atoms with van der Waals surface area (Å²) in [6, 6.07) is 53.0. The number of hydrogen-bond acceptors (Lipinski definition) is 4. The molecule has 0 spiro atoms. The smallest absolute Gasteiger partial charge is 0.155 e. The molecule has 4 heterocycles. The first-order chi connectivity index (χ1) is 27.0. The van der Waals surface area contributed by atoms with Gasteiger partial charge in [0.15, 0.2) is 5.65 Å². The Bertz CT molecular complexity index is 3040. The predicted octanol–water partition coefficient (Wildman–Crippen LogP) is 12.2. The van der Waals surface area contributed by atoms with Crippen LogP contribution in [-0.2, 0) is 25.5 Å². The van der Waals surface area contributed by atoms with Gasteiger partial charge in [-0.3, -0.25) is 4.98 Å². The number of para-hydroxylation sites is 1. The second-order valence-electron chi connectivity index (χ2n) is 14.1. The average Bonchev–Trinajstić information content (AvgIpc) is 3.80. The molecule has 0 aliphatic rings. The van der Waals surface area contributed by atoms with E-state index in [1.807, 2.05) is 42.5 Å². The van der Waals surface area contributed by atoms with Gasteiger partial charge < -0.3 is 14.0 Å². The zero-order chi connectivity index (χ0) is 38.6. The molecule has 0 N–H and O–H groups in total. The van der Waals surface area contributed by atoms with Crippen molar-refractivity contribution in [2.75, 3.05) is 0 Å². The number of pyridine rings is 2. The van der Waals surface area contributed by atoms with Crippen molar-refractivity contribution < 1.29 is 28.6 Å². The number of rotatable bonds is 3. The maximum atomic E-state index is 7.23.